The average molecular weight is 333 g/mol. The Morgan fingerprint density at radius 2 is 1.96 bits per heavy atom. The summed E-state index contributed by atoms with van der Waals surface area (Å²) in [6.45, 7) is 2.53. The fourth-order valence-electron chi connectivity index (χ4n) is 3.03. The van der Waals surface area contributed by atoms with Crippen LogP contribution in [0.5, 0.6) is 11.5 Å². The Hall–Kier alpha value is -3.21. The number of aromatic hydroxyl groups is 1. The minimum absolute atomic E-state index is 0.109. The molecule has 5 nitrogen and oxygen atoms in total. The molecule has 0 fully saturated rings. The van der Waals surface area contributed by atoms with Gasteiger partial charge in [0.25, 0.3) is 0 Å². The second-order valence-electron chi connectivity index (χ2n) is 6.16. The molecule has 126 valence electrons. The number of aromatic amines is 1. The van der Waals surface area contributed by atoms with Crippen molar-refractivity contribution in [2.24, 2.45) is 0 Å². The zero-order valence-electron chi connectivity index (χ0n) is 13.9. The summed E-state index contributed by atoms with van der Waals surface area (Å²) in [6, 6.07) is 15.5. The molecule has 0 saturated carbocycles. The molecule has 0 amide bonds. The molecule has 0 saturated heterocycles. The largest absolute Gasteiger partial charge is 0.508 e. The molecule has 25 heavy (non-hydrogen) atoms. The van der Waals surface area contributed by atoms with Crippen LogP contribution in [0, 0.1) is 0 Å². The first-order valence-corrected chi connectivity index (χ1v) is 8.18. The normalized spacial score (nSPS) is 15.9. The number of nitrogens with one attached hydrogen (secondary N) is 2. The average Bonchev–Trinajstić information content (AvgIpc) is 3.13. The van der Waals surface area contributed by atoms with Crippen LogP contribution in [0.1, 0.15) is 29.8 Å². The Kier molecular flexibility index (Phi) is 3.90. The number of hydrogen-bond acceptors (Lipinski definition) is 4. The van der Waals surface area contributed by atoms with Gasteiger partial charge in [0.1, 0.15) is 18.1 Å². The summed E-state index contributed by atoms with van der Waals surface area (Å²) in [5.74, 6) is 1.09. The molecule has 1 unspecified atom stereocenters. The molecule has 4 rings (SSSR count). The van der Waals surface area contributed by atoms with Gasteiger partial charge in [-0.3, -0.25) is 5.10 Å². The third-order valence-corrected chi connectivity index (χ3v) is 4.33. The van der Waals surface area contributed by atoms with Crippen molar-refractivity contribution in [2.75, 3.05) is 5.32 Å². The van der Waals surface area contributed by atoms with E-state index in [1.807, 2.05) is 24.3 Å². The van der Waals surface area contributed by atoms with Gasteiger partial charge in [-0.25, -0.2) is 0 Å². The molecule has 3 aromatic rings. The molecule has 1 aliphatic heterocycles. The first-order chi connectivity index (χ1) is 12.2. The van der Waals surface area contributed by atoms with Crippen LogP contribution in [0.4, 0.5) is 5.69 Å². The topological polar surface area (TPSA) is 70.2 Å². The van der Waals surface area contributed by atoms with Gasteiger partial charge in [-0.05, 0) is 54.5 Å². The smallest absolute Gasteiger partial charge is 0.132 e. The van der Waals surface area contributed by atoms with Crippen molar-refractivity contribution < 1.29 is 9.84 Å². The summed E-state index contributed by atoms with van der Waals surface area (Å²) in [4.78, 5) is 0. The van der Waals surface area contributed by atoms with E-state index in [0.717, 1.165) is 22.7 Å². The van der Waals surface area contributed by atoms with Crippen molar-refractivity contribution in [2.45, 2.75) is 19.6 Å². The molecular weight excluding hydrogens is 314 g/mol. The van der Waals surface area contributed by atoms with Gasteiger partial charge >= 0.3 is 0 Å². The molecule has 0 bridgehead atoms. The van der Waals surface area contributed by atoms with Crippen LogP contribution >= 0.6 is 0 Å². The minimum Gasteiger partial charge on any atom is -0.508 e. The Morgan fingerprint density at radius 1 is 1.12 bits per heavy atom. The van der Waals surface area contributed by atoms with E-state index in [-0.39, 0.29) is 11.8 Å². The van der Waals surface area contributed by atoms with Crippen LogP contribution < -0.4 is 10.1 Å². The van der Waals surface area contributed by atoms with Crippen LogP contribution in [0.25, 0.3) is 6.08 Å². The van der Waals surface area contributed by atoms with Crippen molar-refractivity contribution in [3.8, 4) is 11.5 Å². The molecular formula is C20H19N3O2. The van der Waals surface area contributed by atoms with Gasteiger partial charge in [-0.2, -0.15) is 5.10 Å². The maximum Gasteiger partial charge on any atom is 0.132 e. The van der Waals surface area contributed by atoms with Crippen LogP contribution in [0.15, 0.2) is 60.3 Å². The SMILES string of the molecule is CC1=Cc2cc(O)ccc2NC1c1ccc(OCc2cc[nH]n2)cc1. The number of phenolic OH excluding ortho intramolecular Hbond substituents is 1. The van der Waals surface area contributed by atoms with Gasteiger partial charge in [0.15, 0.2) is 0 Å². The monoisotopic (exact) mass is 333 g/mol. The second kappa shape index (κ2) is 6.36. The Balaban J connectivity index is 1.50. The van der Waals surface area contributed by atoms with E-state index in [9.17, 15) is 5.11 Å². The summed E-state index contributed by atoms with van der Waals surface area (Å²) >= 11 is 0. The lowest BCUT2D eigenvalue weighted by Crippen LogP contribution is -2.16. The van der Waals surface area contributed by atoms with Gasteiger partial charge in [-0.15, -0.1) is 0 Å². The Labute approximate surface area is 146 Å². The number of nitrogens with zero attached hydrogens (tertiary/aromatic N) is 1. The molecule has 0 spiro atoms. The Bertz CT molecular complexity index is 899. The van der Waals surface area contributed by atoms with Crippen molar-refractivity contribution in [1.29, 1.82) is 0 Å². The maximum absolute atomic E-state index is 9.63. The molecule has 1 aliphatic rings. The molecule has 2 aromatic carbocycles. The van der Waals surface area contributed by atoms with E-state index < -0.39 is 0 Å². The lowest BCUT2D eigenvalue weighted by atomic mass is 9.93. The predicted octanol–water partition coefficient (Wildman–Crippen LogP) is 4.26. The number of aromatic nitrogens is 2. The number of benzene rings is 2. The van der Waals surface area contributed by atoms with Crippen LogP contribution in [0.2, 0.25) is 0 Å². The number of anilines is 1. The van der Waals surface area contributed by atoms with E-state index >= 15 is 0 Å². The molecule has 2 heterocycles. The molecule has 3 N–H and O–H groups in total. The van der Waals surface area contributed by atoms with Crippen molar-refractivity contribution in [3.05, 3.63) is 77.1 Å². The Morgan fingerprint density at radius 3 is 2.72 bits per heavy atom. The first-order valence-electron chi connectivity index (χ1n) is 8.18. The zero-order chi connectivity index (χ0) is 17.2. The summed E-state index contributed by atoms with van der Waals surface area (Å²) in [5, 5.41) is 20.0. The van der Waals surface area contributed by atoms with Crippen LogP contribution in [-0.4, -0.2) is 15.3 Å². The quantitative estimate of drug-likeness (QED) is 0.624. The highest BCUT2D eigenvalue weighted by molar-refractivity contribution is 5.74. The van der Waals surface area contributed by atoms with E-state index in [2.05, 4.69) is 40.6 Å². The number of ether oxygens (including phenoxy) is 1. The summed E-state index contributed by atoms with van der Waals surface area (Å²) in [7, 11) is 0. The van der Waals surface area contributed by atoms with Gasteiger partial charge in [0.2, 0.25) is 0 Å². The number of rotatable bonds is 4. The number of fused-ring (bicyclic) bond motifs is 1. The standard InChI is InChI=1S/C20H19N3O2/c1-13-10-15-11-17(24)4-7-19(15)22-20(13)14-2-5-18(6-3-14)25-12-16-8-9-21-23-16/h2-11,20,22,24H,12H2,1H3,(H,21,23). The van der Waals surface area contributed by atoms with Crippen LogP contribution in [-0.2, 0) is 6.61 Å². The highest BCUT2D eigenvalue weighted by Gasteiger charge is 2.19. The molecule has 1 atom stereocenters. The molecule has 5 heteroatoms. The third kappa shape index (κ3) is 3.21. The van der Waals surface area contributed by atoms with E-state index in [1.165, 1.54) is 11.1 Å². The molecule has 1 aromatic heterocycles. The number of H-pyrrole nitrogens is 1. The van der Waals surface area contributed by atoms with Crippen molar-refractivity contribution in [3.63, 3.8) is 0 Å². The van der Waals surface area contributed by atoms with Gasteiger partial charge in [0.05, 0.1) is 11.7 Å². The number of phenols is 1. The van der Waals surface area contributed by atoms with Gasteiger partial charge in [0, 0.05) is 17.4 Å². The first kappa shape index (κ1) is 15.3. The fraction of sp³-hybridized carbons (Fsp3) is 0.150. The number of hydrogen-bond donors (Lipinski definition) is 3. The predicted molar refractivity (Wildman–Crippen MR) is 97.5 cm³/mol. The van der Waals surface area contributed by atoms with E-state index in [4.69, 9.17) is 4.74 Å². The van der Waals surface area contributed by atoms with Gasteiger partial charge in [-0.1, -0.05) is 18.2 Å². The lowest BCUT2D eigenvalue weighted by Gasteiger charge is -2.27. The summed E-state index contributed by atoms with van der Waals surface area (Å²) < 4.78 is 5.74. The highest BCUT2D eigenvalue weighted by Crippen LogP contribution is 2.36. The summed E-state index contributed by atoms with van der Waals surface area (Å²) in [6.07, 6.45) is 3.89. The second-order valence-corrected chi connectivity index (χ2v) is 6.16. The fourth-order valence-corrected chi connectivity index (χ4v) is 3.03. The minimum atomic E-state index is 0.109. The third-order valence-electron chi connectivity index (χ3n) is 4.33. The molecule has 0 radical (unpaired) electrons. The molecule has 0 aliphatic carbocycles. The van der Waals surface area contributed by atoms with Crippen molar-refractivity contribution in [1.82, 2.24) is 10.2 Å². The zero-order valence-corrected chi connectivity index (χ0v) is 13.9. The maximum atomic E-state index is 9.63. The van der Waals surface area contributed by atoms with Crippen LogP contribution in [0.3, 0.4) is 0 Å². The summed E-state index contributed by atoms with van der Waals surface area (Å²) in [5.41, 5.74) is 5.26. The van der Waals surface area contributed by atoms with Crippen molar-refractivity contribution >= 4 is 11.8 Å². The van der Waals surface area contributed by atoms with Gasteiger partial charge < -0.3 is 15.2 Å². The highest BCUT2D eigenvalue weighted by atomic mass is 16.5. The van der Waals surface area contributed by atoms with E-state index in [0.29, 0.717) is 6.61 Å². The lowest BCUT2D eigenvalue weighted by molar-refractivity contribution is 0.301. The van der Waals surface area contributed by atoms with E-state index in [1.54, 1.807) is 18.3 Å².